The first-order chi connectivity index (χ1) is 14.1. The van der Waals surface area contributed by atoms with Crippen molar-refractivity contribution < 1.29 is 4.79 Å². The number of amides is 1. The van der Waals surface area contributed by atoms with Crippen LogP contribution in [0.3, 0.4) is 0 Å². The molecule has 29 heavy (non-hydrogen) atoms. The molecular formula is C21H17N7O. The zero-order valence-electron chi connectivity index (χ0n) is 15.9. The monoisotopic (exact) mass is 383 g/mol. The molecule has 0 fully saturated rings. The molecule has 0 aliphatic heterocycles. The van der Waals surface area contributed by atoms with E-state index in [9.17, 15) is 4.79 Å². The summed E-state index contributed by atoms with van der Waals surface area (Å²) in [6.07, 6.45) is 7.12. The molecule has 0 atom stereocenters. The van der Waals surface area contributed by atoms with Crippen LogP contribution in [0.25, 0.3) is 33.1 Å². The van der Waals surface area contributed by atoms with E-state index in [2.05, 4.69) is 25.5 Å². The summed E-state index contributed by atoms with van der Waals surface area (Å²) in [5.74, 6) is 0.218. The number of benzene rings is 1. The van der Waals surface area contributed by atoms with E-state index in [1.54, 1.807) is 40.1 Å². The highest BCUT2D eigenvalue weighted by Crippen LogP contribution is 2.22. The minimum absolute atomic E-state index is 0.231. The summed E-state index contributed by atoms with van der Waals surface area (Å²) in [7, 11) is 3.73. The highest BCUT2D eigenvalue weighted by Gasteiger charge is 2.11. The molecule has 0 spiro atoms. The number of hydrogen-bond donors (Lipinski definition) is 1. The van der Waals surface area contributed by atoms with Gasteiger partial charge >= 0.3 is 0 Å². The summed E-state index contributed by atoms with van der Waals surface area (Å²) in [6.45, 7) is 0. The van der Waals surface area contributed by atoms with Gasteiger partial charge in [-0.05, 0) is 30.3 Å². The zero-order chi connectivity index (χ0) is 20.0. The van der Waals surface area contributed by atoms with Crippen LogP contribution in [0.5, 0.6) is 0 Å². The van der Waals surface area contributed by atoms with Crippen LogP contribution in [-0.2, 0) is 14.1 Å². The first kappa shape index (κ1) is 17.1. The molecule has 0 saturated carbocycles. The van der Waals surface area contributed by atoms with Gasteiger partial charge in [0.05, 0.1) is 29.1 Å². The summed E-state index contributed by atoms with van der Waals surface area (Å²) in [4.78, 5) is 21.7. The average Bonchev–Trinajstić information content (AvgIpc) is 3.33. The SMILES string of the molecule is Cn1cc(-c2ccc3cnc(NC(=O)c4ccc5c(cnn5C)c4)cc3n2)cn1. The molecular weight excluding hydrogens is 366 g/mol. The van der Waals surface area contributed by atoms with Gasteiger partial charge in [0.1, 0.15) is 5.82 Å². The first-order valence-electron chi connectivity index (χ1n) is 9.06. The molecule has 1 amide bonds. The Bertz CT molecular complexity index is 1380. The van der Waals surface area contributed by atoms with Crippen molar-refractivity contribution in [1.29, 1.82) is 0 Å². The molecule has 0 aliphatic rings. The number of fused-ring (bicyclic) bond motifs is 2. The van der Waals surface area contributed by atoms with Gasteiger partial charge in [0.15, 0.2) is 0 Å². The first-order valence-corrected chi connectivity index (χ1v) is 9.06. The van der Waals surface area contributed by atoms with Crippen LogP contribution < -0.4 is 5.32 Å². The maximum Gasteiger partial charge on any atom is 0.256 e. The fraction of sp³-hybridized carbons (Fsp3) is 0.0952. The third-order valence-corrected chi connectivity index (χ3v) is 4.82. The number of carbonyl (C=O) groups excluding carboxylic acids is 1. The second kappa shape index (κ2) is 6.52. The number of nitrogens with one attached hydrogen (secondary N) is 1. The fourth-order valence-corrected chi connectivity index (χ4v) is 3.29. The van der Waals surface area contributed by atoms with Crippen LogP contribution in [0.1, 0.15) is 10.4 Å². The molecule has 4 aromatic heterocycles. The Morgan fingerprint density at radius 1 is 0.966 bits per heavy atom. The number of hydrogen-bond acceptors (Lipinski definition) is 5. The van der Waals surface area contributed by atoms with Crippen molar-refractivity contribution in [1.82, 2.24) is 29.5 Å². The Balaban J connectivity index is 1.45. The molecule has 0 radical (unpaired) electrons. The third-order valence-electron chi connectivity index (χ3n) is 4.82. The number of aryl methyl sites for hydroxylation is 2. The van der Waals surface area contributed by atoms with Gasteiger partial charge < -0.3 is 5.32 Å². The molecule has 0 unspecified atom stereocenters. The van der Waals surface area contributed by atoms with Crippen molar-refractivity contribution in [3.8, 4) is 11.3 Å². The molecule has 0 saturated heterocycles. The average molecular weight is 383 g/mol. The maximum atomic E-state index is 12.7. The van der Waals surface area contributed by atoms with Crippen LogP contribution in [0.4, 0.5) is 5.82 Å². The van der Waals surface area contributed by atoms with Gasteiger partial charge in [0, 0.05) is 54.5 Å². The van der Waals surface area contributed by atoms with Crippen LogP contribution in [0.15, 0.2) is 61.2 Å². The van der Waals surface area contributed by atoms with Crippen molar-refractivity contribution >= 4 is 33.5 Å². The Hall–Kier alpha value is -4.07. The predicted molar refractivity (Wildman–Crippen MR) is 110 cm³/mol. The number of carbonyl (C=O) groups is 1. The van der Waals surface area contributed by atoms with Crippen LogP contribution >= 0.6 is 0 Å². The van der Waals surface area contributed by atoms with Crippen LogP contribution in [-0.4, -0.2) is 35.4 Å². The van der Waals surface area contributed by atoms with Gasteiger partial charge in [-0.2, -0.15) is 10.2 Å². The predicted octanol–water partition coefficient (Wildman–Crippen LogP) is 3.17. The quantitative estimate of drug-likeness (QED) is 0.517. The van der Waals surface area contributed by atoms with E-state index in [-0.39, 0.29) is 5.91 Å². The van der Waals surface area contributed by atoms with Gasteiger partial charge in [-0.25, -0.2) is 9.97 Å². The van der Waals surface area contributed by atoms with E-state index in [1.165, 1.54) is 0 Å². The van der Waals surface area contributed by atoms with E-state index in [0.29, 0.717) is 11.4 Å². The van der Waals surface area contributed by atoms with Crippen molar-refractivity contribution in [2.24, 2.45) is 14.1 Å². The molecule has 5 rings (SSSR count). The van der Waals surface area contributed by atoms with E-state index < -0.39 is 0 Å². The summed E-state index contributed by atoms with van der Waals surface area (Å²) < 4.78 is 3.51. The molecule has 1 N–H and O–H groups in total. The lowest BCUT2D eigenvalue weighted by Crippen LogP contribution is -2.12. The van der Waals surface area contributed by atoms with Crippen LogP contribution in [0.2, 0.25) is 0 Å². The fourth-order valence-electron chi connectivity index (χ4n) is 3.29. The Labute approximate surface area is 165 Å². The Morgan fingerprint density at radius 3 is 2.69 bits per heavy atom. The minimum atomic E-state index is -0.231. The van der Waals surface area contributed by atoms with Crippen molar-refractivity contribution in [3.05, 3.63) is 66.7 Å². The molecule has 8 nitrogen and oxygen atoms in total. The lowest BCUT2D eigenvalue weighted by molar-refractivity contribution is 0.102. The number of rotatable bonds is 3. The van der Waals surface area contributed by atoms with E-state index in [0.717, 1.165) is 33.1 Å². The highest BCUT2D eigenvalue weighted by molar-refractivity contribution is 6.06. The van der Waals surface area contributed by atoms with Crippen LogP contribution in [0, 0.1) is 0 Å². The number of nitrogens with zero attached hydrogens (tertiary/aromatic N) is 6. The number of anilines is 1. The third kappa shape index (κ3) is 3.10. The topological polar surface area (TPSA) is 90.5 Å². The van der Waals surface area contributed by atoms with E-state index >= 15 is 0 Å². The summed E-state index contributed by atoms with van der Waals surface area (Å²) in [5, 5.41) is 13.1. The molecule has 8 heteroatoms. The number of pyridine rings is 2. The highest BCUT2D eigenvalue weighted by atomic mass is 16.1. The second-order valence-corrected chi connectivity index (χ2v) is 6.86. The van der Waals surface area contributed by atoms with E-state index in [1.807, 2.05) is 44.6 Å². The van der Waals surface area contributed by atoms with Gasteiger partial charge in [0.25, 0.3) is 5.91 Å². The number of aromatic nitrogens is 6. The molecule has 142 valence electrons. The summed E-state index contributed by atoms with van der Waals surface area (Å²) in [6, 6.07) is 11.1. The van der Waals surface area contributed by atoms with Gasteiger partial charge in [-0.1, -0.05) is 0 Å². The normalized spacial score (nSPS) is 11.2. The molecule has 5 aromatic rings. The Morgan fingerprint density at radius 2 is 1.86 bits per heavy atom. The van der Waals surface area contributed by atoms with Gasteiger partial charge in [-0.3, -0.25) is 14.2 Å². The molecule has 4 heterocycles. The zero-order valence-corrected chi connectivity index (χ0v) is 15.9. The summed E-state index contributed by atoms with van der Waals surface area (Å²) in [5.41, 5.74) is 4.01. The van der Waals surface area contributed by atoms with Crippen molar-refractivity contribution in [2.75, 3.05) is 5.32 Å². The Kier molecular flexibility index (Phi) is 3.83. The van der Waals surface area contributed by atoms with E-state index in [4.69, 9.17) is 0 Å². The maximum absolute atomic E-state index is 12.7. The molecule has 0 aliphatic carbocycles. The minimum Gasteiger partial charge on any atom is -0.307 e. The second-order valence-electron chi connectivity index (χ2n) is 6.86. The van der Waals surface area contributed by atoms with Crippen molar-refractivity contribution in [2.45, 2.75) is 0 Å². The van der Waals surface area contributed by atoms with Crippen molar-refractivity contribution in [3.63, 3.8) is 0 Å². The lowest BCUT2D eigenvalue weighted by Gasteiger charge is -2.07. The van der Waals surface area contributed by atoms with Gasteiger partial charge in [-0.15, -0.1) is 0 Å². The lowest BCUT2D eigenvalue weighted by atomic mass is 10.1. The molecule has 0 bridgehead atoms. The standard InChI is InChI=1S/C21H17N7O/c1-27-12-16(11-23-27)17-5-3-14-9-22-20(8-18(14)25-17)26-21(29)13-4-6-19-15(7-13)10-24-28(19)2/h3-12H,1-2H3,(H,22,26,29). The largest absolute Gasteiger partial charge is 0.307 e. The smallest absolute Gasteiger partial charge is 0.256 e. The van der Waals surface area contributed by atoms with Gasteiger partial charge in [0.2, 0.25) is 0 Å². The molecule has 1 aromatic carbocycles. The summed E-state index contributed by atoms with van der Waals surface area (Å²) >= 11 is 0.